The summed E-state index contributed by atoms with van der Waals surface area (Å²) in [6.45, 7) is 7.71. The van der Waals surface area contributed by atoms with E-state index in [4.69, 9.17) is 5.26 Å². The van der Waals surface area contributed by atoms with Gasteiger partial charge in [0.2, 0.25) is 0 Å². The minimum absolute atomic E-state index is 0.134. The van der Waals surface area contributed by atoms with Gasteiger partial charge in [-0.05, 0) is 18.7 Å². The number of ketones is 1. The zero-order chi connectivity index (χ0) is 13.7. The van der Waals surface area contributed by atoms with E-state index in [0.717, 1.165) is 32.7 Å². The van der Waals surface area contributed by atoms with Crippen LogP contribution < -0.4 is 0 Å². The van der Waals surface area contributed by atoms with Crippen molar-refractivity contribution in [3.05, 3.63) is 35.4 Å². The Kier molecular flexibility index (Phi) is 4.67. The molecule has 1 fully saturated rings. The molecule has 4 heteroatoms. The Labute approximate surface area is 114 Å². The molecule has 1 aromatic carbocycles. The molecular weight excluding hydrogens is 238 g/mol. The molecule has 0 N–H and O–H groups in total. The molecule has 1 aromatic rings. The normalized spacial score (nSPS) is 17.1. The average Bonchev–Trinajstić information content (AvgIpc) is 2.48. The monoisotopic (exact) mass is 257 g/mol. The largest absolute Gasteiger partial charge is 0.301 e. The second-order valence-corrected chi connectivity index (χ2v) is 4.82. The third kappa shape index (κ3) is 3.63. The van der Waals surface area contributed by atoms with Crippen LogP contribution in [0, 0.1) is 11.3 Å². The Morgan fingerprint density at radius 2 is 1.74 bits per heavy atom. The number of hydrogen-bond donors (Lipinski definition) is 0. The number of piperazine rings is 1. The van der Waals surface area contributed by atoms with E-state index in [-0.39, 0.29) is 5.78 Å². The minimum Gasteiger partial charge on any atom is -0.301 e. The SMILES string of the molecule is CCN1CCN(CC(=O)c2ccc(C#N)cc2)CC1. The molecule has 4 nitrogen and oxygen atoms in total. The Balaban J connectivity index is 1.89. The Morgan fingerprint density at radius 3 is 2.26 bits per heavy atom. The maximum atomic E-state index is 12.1. The average molecular weight is 257 g/mol. The van der Waals surface area contributed by atoms with Crippen LogP contribution in [0.1, 0.15) is 22.8 Å². The third-order valence-electron chi connectivity index (χ3n) is 3.62. The highest BCUT2D eigenvalue weighted by atomic mass is 16.1. The van der Waals surface area contributed by atoms with Crippen molar-refractivity contribution < 1.29 is 4.79 Å². The van der Waals surface area contributed by atoms with Crippen molar-refractivity contribution in [3.63, 3.8) is 0 Å². The van der Waals surface area contributed by atoms with Crippen LogP contribution in [0.5, 0.6) is 0 Å². The van der Waals surface area contributed by atoms with Crippen LogP contribution in [-0.4, -0.2) is 54.9 Å². The highest BCUT2D eigenvalue weighted by Gasteiger charge is 2.18. The van der Waals surface area contributed by atoms with E-state index in [1.165, 1.54) is 0 Å². The van der Waals surface area contributed by atoms with Crippen molar-refractivity contribution in [2.75, 3.05) is 39.3 Å². The Morgan fingerprint density at radius 1 is 1.16 bits per heavy atom. The number of benzene rings is 1. The molecule has 0 radical (unpaired) electrons. The van der Waals surface area contributed by atoms with Crippen LogP contribution in [0.2, 0.25) is 0 Å². The smallest absolute Gasteiger partial charge is 0.176 e. The number of carbonyl (C=O) groups is 1. The maximum absolute atomic E-state index is 12.1. The fourth-order valence-corrected chi connectivity index (χ4v) is 2.29. The summed E-state index contributed by atoms with van der Waals surface area (Å²) in [7, 11) is 0. The van der Waals surface area contributed by atoms with Gasteiger partial charge in [0, 0.05) is 31.7 Å². The molecule has 0 bridgehead atoms. The number of carbonyl (C=O) groups excluding carboxylic acids is 1. The van der Waals surface area contributed by atoms with Gasteiger partial charge in [-0.1, -0.05) is 19.1 Å². The maximum Gasteiger partial charge on any atom is 0.176 e. The van der Waals surface area contributed by atoms with Gasteiger partial charge in [0.05, 0.1) is 18.2 Å². The number of hydrogen-bond acceptors (Lipinski definition) is 4. The summed E-state index contributed by atoms with van der Waals surface area (Å²) >= 11 is 0. The highest BCUT2D eigenvalue weighted by Crippen LogP contribution is 2.07. The molecule has 0 atom stereocenters. The lowest BCUT2D eigenvalue weighted by Gasteiger charge is -2.33. The lowest BCUT2D eigenvalue weighted by molar-refractivity contribution is 0.0859. The molecule has 0 amide bonds. The van der Waals surface area contributed by atoms with Gasteiger partial charge in [-0.25, -0.2) is 0 Å². The van der Waals surface area contributed by atoms with Crippen LogP contribution in [-0.2, 0) is 0 Å². The summed E-state index contributed by atoms with van der Waals surface area (Å²) in [6.07, 6.45) is 0. The second kappa shape index (κ2) is 6.46. The van der Waals surface area contributed by atoms with Gasteiger partial charge >= 0.3 is 0 Å². The summed E-state index contributed by atoms with van der Waals surface area (Å²) in [5.41, 5.74) is 1.28. The van der Waals surface area contributed by atoms with E-state index in [0.29, 0.717) is 17.7 Å². The summed E-state index contributed by atoms with van der Waals surface area (Å²) in [5, 5.41) is 8.73. The van der Waals surface area contributed by atoms with Gasteiger partial charge < -0.3 is 4.90 Å². The quantitative estimate of drug-likeness (QED) is 0.765. The van der Waals surface area contributed by atoms with Gasteiger partial charge in [-0.15, -0.1) is 0 Å². The molecule has 0 aliphatic carbocycles. The van der Waals surface area contributed by atoms with Crippen LogP contribution in [0.4, 0.5) is 0 Å². The molecule has 100 valence electrons. The van der Waals surface area contributed by atoms with Crippen molar-refractivity contribution in [3.8, 4) is 6.07 Å². The molecule has 1 aliphatic heterocycles. The van der Waals surface area contributed by atoms with Crippen molar-refractivity contribution in [2.45, 2.75) is 6.92 Å². The highest BCUT2D eigenvalue weighted by molar-refractivity contribution is 5.97. The minimum atomic E-state index is 0.134. The van der Waals surface area contributed by atoms with Crippen molar-refractivity contribution in [2.24, 2.45) is 0 Å². The summed E-state index contributed by atoms with van der Waals surface area (Å²) in [6, 6.07) is 8.93. The molecular formula is C15H19N3O. The van der Waals surface area contributed by atoms with Crippen molar-refractivity contribution >= 4 is 5.78 Å². The van der Waals surface area contributed by atoms with Crippen molar-refractivity contribution in [1.29, 1.82) is 5.26 Å². The predicted octanol–water partition coefficient (Wildman–Crippen LogP) is 1.38. The topological polar surface area (TPSA) is 47.3 Å². The van der Waals surface area contributed by atoms with Gasteiger partial charge in [0.1, 0.15) is 0 Å². The third-order valence-corrected chi connectivity index (χ3v) is 3.62. The molecule has 1 saturated heterocycles. The van der Waals surface area contributed by atoms with Crippen molar-refractivity contribution in [1.82, 2.24) is 9.80 Å². The number of Topliss-reactive ketones (excluding diaryl/α,β-unsaturated/α-hetero) is 1. The Bertz CT molecular complexity index is 467. The van der Waals surface area contributed by atoms with Crippen LogP contribution >= 0.6 is 0 Å². The van der Waals surface area contributed by atoms with E-state index >= 15 is 0 Å². The van der Waals surface area contributed by atoms with E-state index in [9.17, 15) is 4.79 Å². The van der Waals surface area contributed by atoms with Gasteiger partial charge in [-0.3, -0.25) is 9.69 Å². The first-order valence-corrected chi connectivity index (χ1v) is 6.71. The fourth-order valence-electron chi connectivity index (χ4n) is 2.29. The van der Waals surface area contributed by atoms with Gasteiger partial charge in [0.25, 0.3) is 0 Å². The second-order valence-electron chi connectivity index (χ2n) is 4.82. The fraction of sp³-hybridized carbons (Fsp3) is 0.467. The molecule has 1 aliphatic rings. The lowest BCUT2D eigenvalue weighted by Crippen LogP contribution is -2.47. The van der Waals surface area contributed by atoms with Crippen LogP contribution in [0.3, 0.4) is 0 Å². The van der Waals surface area contributed by atoms with Gasteiger partial charge in [0.15, 0.2) is 5.78 Å². The molecule has 19 heavy (non-hydrogen) atoms. The Hall–Kier alpha value is -1.70. The van der Waals surface area contributed by atoms with Crippen LogP contribution in [0.15, 0.2) is 24.3 Å². The number of rotatable bonds is 4. The molecule has 0 spiro atoms. The number of nitriles is 1. The predicted molar refractivity (Wildman–Crippen MR) is 74.0 cm³/mol. The molecule has 2 rings (SSSR count). The summed E-state index contributed by atoms with van der Waals surface area (Å²) < 4.78 is 0. The first-order valence-electron chi connectivity index (χ1n) is 6.71. The molecule has 0 aromatic heterocycles. The van der Waals surface area contributed by atoms with E-state index in [1.54, 1.807) is 24.3 Å². The lowest BCUT2D eigenvalue weighted by atomic mass is 10.1. The molecule has 0 saturated carbocycles. The zero-order valence-electron chi connectivity index (χ0n) is 11.3. The summed E-state index contributed by atoms with van der Waals surface area (Å²) in [5.74, 6) is 0.134. The summed E-state index contributed by atoms with van der Waals surface area (Å²) in [4.78, 5) is 16.7. The number of nitrogens with zero attached hydrogens (tertiary/aromatic N) is 3. The first-order chi connectivity index (χ1) is 9.22. The first kappa shape index (κ1) is 13.7. The number of likely N-dealkylation sites (N-methyl/N-ethyl adjacent to an activating group) is 1. The van der Waals surface area contributed by atoms with Crippen LogP contribution in [0.25, 0.3) is 0 Å². The standard InChI is InChI=1S/C15H19N3O/c1-2-17-7-9-18(10-8-17)12-15(19)14-5-3-13(11-16)4-6-14/h3-6H,2,7-10,12H2,1H3. The zero-order valence-corrected chi connectivity index (χ0v) is 11.3. The van der Waals surface area contributed by atoms with E-state index < -0.39 is 0 Å². The van der Waals surface area contributed by atoms with E-state index in [2.05, 4.69) is 22.8 Å². The molecule has 1 heterocycles. The van der Waals surface area contributed by atoms with Gasteiger partial charge in [-0.2, -0.15) is 5.26 Å². The molecule has 0 unspecified atom stereocenters. The van der Waals surface area contributed by atoms with E-state index in [1.807, 2.05) is 0 Å².